The molecular formula is C22H24F3N3O4S. The molecule has 0 aliphatic carbocycles. The summed E-state index contributed by atoms with van der Waals surface area (Å²) >= 11 is 0. The fourth-order valence-corrected chi connectivity index (χ4v) is 5.21. The number of carbonyl (C=O) groups is 2. The van der Waals surface area contributed by atoms with Crippen molar-refractivity contribution in [1.29, 1.82) is 0 Å². The maximum Gasteiger partial charge on any atom is 0.416 e. The summed E-state index contributed by atoms with van der Waals surface area (Å²) in [6.45, 7) is 3.84. The second-order valence-electron chi connectivity index (χ2n) is 7.81. The number of sulfonamides is 1. The quantitative estimate of drug-likeness (QED) is 0.709. The standard InChI is InChI=1S/C22H24F3N3O4S/c1-15-3-8-19(16(2)13-15)33(31,32)28-11-9-27(10-12-28)20(29)14-26-21(30)17-4-6-18(7-5-17)22(23,24)25/h3-8,13H,9-12,14H2,1-2H3,(H,26,30). The van der Waals surface area contributed by atoms with E-state index in [1.807, 2.05) is 6.92 Å². The van der Waals surface area contributed by atoms with E-state index in [2.05, 4.69) is 5.32 Å². The molecule has 0 saturated carbocycles. The SMILES string of the molecule is Cc1ccc(S(=O)(=O)N2CCN(C(=O)CNC(=O)c3ccc(C(F)(F)F)cc3)CC2)c(C)c1. The van der Waals surface area contributed by atoms with Crippen LogP contribution in [-0.2, 0) is 21.0 Å². The number of hydrogen-bond donors (Lipinski definition) is 1. The van der Waals surface area contributed by atoms with Gasteiger partial charge in [-0.15, -0.1) is 0 Å². The first-order valence-corrected chi connectivity index (χ1v) is 11.6. The largest absolute Gasteiger partial charge is 0.416 e. The lowest BCUT2D eigenvalue weighted by atomic mass is 10.1. The zero-order valence-electron chi connectivity index (χ0n) is 18.1. The lowest BCUT2D eigenvalue weighted by molar-refractivity contribution is -0.137. The molecule has 0 bridgehead atoms. The Hall–Kier alpha value is -2.92. The predicted octanol–water partition coefficient (Wildman–Crippen LogP) is 2.59. The smallest absolute Gasteiger partial charge is 0.343 e. The first-order chi connectivity index (χ1) is 15.4. The molecule has 33 heavy (non-hydrogen) atoms. The molecule has 2 aromatic carbocycles. The summed E-state index contributed by atoms with van der Waals surface area (Å²) in [5.74, 6) is -1.08. The molecule has 1 aliphatic rings. The van der Waals surface area contributed by atoms with Crippen molar-refractivity contribution in [3.8, 4) is 0 Å². The van der Waals surface area contributed by atoms with Crippen LogP contribution in [0.5, 0.6) is 0 Å². The molecule has 11 heteroatoms. The van der Waals surface area contributed by atoms with Gasteiger partial charge >= 0.3 is 6.18 Å². The number of aryl methyl sites for hydroxylation is 2. The lowest BCUT2D eigenvalue weighted by Gasteiger charge is -2.34. The molecule has 2 amide bonds. The highest BCUT2D eigenvalue weighted by Crippen LogP contribution is 2.29. The highest BCUT2D eigenvalue weighted by atomic mass is 32.2. The van der Waals surface area contributed by atoms with E-state index in [9.17, 15) is 31.2 Å². The number of carbonyl (C=O) groups excluding carboxylic acids is 2. The molecule has 0 radical (unpaired) electrons. The summed E-state index contributed by atoms with van der Waals surface area (Å²) in [5, 5.41) is 2.39. The van der Waals surface area contributed by atoms with Crippen molar-refractivity contribution in [2.45, 2.75) is 24.9 Å². The molecule has 1 saturated heterocycles. The topological polar surface area (TPSA) is 86.8 Å². The van der Waals surface area contributed by atoms with Gasteiger partial charge < -0.3 is 10.2 Å². The van der Waals surface area contributed by atoms with E-state index < -0.39 is 33.6 Å². The van der Waals surface area contributed by atoms with Crippen LogP contribution < -0.4 is 5.32 Å². The highest BCUT2D eigenvalue weighted by molar-refractivity contribution is 7.89. The summed E-state index contributed by atoms with van der Waals surface area (Å²) in [6, 6.07) is 8.79. The number of halogens is 3. The van der Waals surface area contributed by atoms with Crippen LogP contribution in [0.15, 0.2) is 47.4 Å². The Bertz CT molecular complexity index is 1140. The van der Waals surface area contributed by atoms with Gasteiger partial charge in [-0.25, -0.2) is 8.42 Å². The number of amides is 2. The zero-order chi connectivity index (χ0) is 24.4. The molecule has 2 aromatic rings. The van der Waals surface area contributed by atoms with Crippen molar-refractivity contribution in [3.63, 3.8) is 0 Å². The van der Waals surface area contributed by atoms with E-state index in [-0.39, 0.29) is 43.2 Å². The minimum absolute atomic E-state index is 0.000167. The first kappa shape index (κ1) is 24.7. The molecule has 1 fully saturated rings. The van der Waals surface area contributed by atoms with Gasteiger partial charge in [0.15, 0.2) is 0 Å². The van der Waals surface area contributed by atoms with E-state index in [0.717, 1.165) is 29.8 Å². The van der Waals surface area contributed by atoms with Crippen LogP contribution in [0, 0.1) is 13.8 Å². The van der Waals surface area contributed by atoms with Crippen molar-refractivity contribution in [2.75, 3.05) is 32.7 Å². The van der Waals surface area contributed by atoms with Crippen LogP contribution in [0.1, 0.15) is 27.0 Å². The second kappa shape index (κ2) is 9.52. The van der Waals surface area contributed by atoms with Gasteiger partial charge in [0.2, 0.25) is 15.9 Å². The summed E-state index contributed by atoms with van der Waals surface area (Å²) in [6.07, 6.45) is -4.50. The van der Waals surface area contributed by atoms with Gasteiger partial charge in [-0.2, -0.15) is 17.5 Å². The molecule has 0 unspecified atom stereocenters. The Morgan fingerprint density at radius 2 is 1.58 bits per heavy atom. The van der Waals surface area contributed by atoms with Crippen LogP contribution in [0.4, 0.5) is 13.2 Å². The molecule has 1 N–H and O–H groups in total. The molecule has 178 valence electrons. The Kier molecular flexibility index (Phi) is 7.13. The van der Waals surface area contributed by atoms with Crippen LogP contribution >= 0.6 is 0 Å². The van der Waals surface area contributed by atoms with Gasteiger partial charge in [0.05, 0.1) is 17.0 Å². The van der Waals surface area contributed by atoms with Crippen LogP contribution in [0.2, 0.25) is 0 Å². The van der Waals surface area contributed by atoms with Crippen molar-refractivity contribution >= 4 is 21.8 Å². The maximum atomic E-state index is 12.9. The molecule has 0 atom stereocenters. The summed E-state index contributed by atoms with van der Waals surface area (Å²) in [5.41, 5.74) is 0.739. The third kappa shape index (κ3) is 5.72. The van der Waals surface area contributed by atoms with Gasteiger partial charge in [-0.1, -0.05) is 17.7 Å². The highest BCUT2D eigenvalue weighted by Gasteiger charge is 2.32. The number of nitrogens with zero attached hydrogens (tertiary/aromatic N) is 2. The van der Waals surface area contributed by atoms with E-state index >= 15 is 0 Å². The van der Waals surface area contributed by atoms with Gasteiger partial charge in [0.25, 0.3) is 5.91 Å². The predicted molar refractivity (Wildman–Crippen MR) is 115 cm³/mol. The van der Waals surface area contributed by atoms with Gasteiger partial charge in [0.1, 0.15) is 0 Å². The van der Waals surface area contributed by atoms with Crippen LogP contribution in [0.25, 0.3) is 0 Å². The minimum atomic E-state index is -4.50. The normalized spacial score (nSPS) is 15.4. The number of benzene rings is 2. The Morgan fingerprint density at radius 3 is 2.12 bits per heavy atom. The fraction of sp³-hybridized carbons (Fsp3) is 0.364. The van der Waals surface area contributed by atoms with Gasteiger partial charge in [0, 0.05) is 31.7 Å². The summed E-state index contributed by atoms with van der Waals surface area (Å²) in [7, 11) is -3.69. The molecule has 7 nitrogen and oxygen atoms in total. The minimum Gasteiger partial charge on any atom is -0.343 e. The molecule has 3 rings (SSSR count). The third-order valence-electron chi connectivity index (χ3n) is 5.41. The van der Waals surface area contributed by atoms with Crippen molar-refractivity contribution in [3.05, 3.63) is 64.7 Å². The number of piperazine rings is 1. The van der Waals surface area contributed by atoms with Crippen LogP contribution in [0.3, 0.4) is 0 Å². The van der Waals surface area contributed by atoms with Crippen LogP contribution in [-0.4, -0.2) is 62.2 Å². The number of rotatable bonds is 5. The average Bonchev–Trinajstić information content (AvgIpc) is 2.76. The summed E-state index contributed by atoms with van der Waals surface area (Å²) in [4.78, 5) is 26.2. The average molecular weight is 484 g/mol. The zero-order valence-corrected chi connectivity index (χ0v) is 19.0. The third-order valence-corrected chi connectivity index (χ3v) is 7.47. The van der Waals surface area contributed by atoms with Crippen molar-refractivity contribution in [2.24, 2.45) is 0 Å². The van der Waals surface area contributed by atoms with E-state index in [1.165, 1.54) is 9.21 Å². The van der Waals surface area contributed by atoms with E-state index in [1.54, 1.807) is 25.1 Å². The monoisotopic (exact) mass is 483 g/mol. The Balaban J connectivity index is 1.53. The van der Waals surface area contributed by atoms with Crippen molar-refractivity contribution in [1.82, 2.24) is 14.5 Å². The molecule has 1 heterocycles. The molecule has 0 spiro atoms. The molecule has 1 aliphatic heterocycles. The lowest BCUT2D eigenvalue weighted by Crippen LogP contribution is -2.52. The Labute approximate surface area is 190 Å². The first-order valence-electron chi connectivity index (χ1n) is 10.2. The van der Waals surface area contributed by atoms with E-state index in [0.29, 0.717) is 5.56 Å². The van der Waals surface area contributed by atoms with Gasteiger partial charge in [-0.05, 0) is 49.7 Å². The number of hydrogen-bond acceptors (Lipinski definition) is 4. The summed E-state index contributed by atoms with van der Waals surface area (Å²) < 4.78 is 65.1. The van der Waals surface area contributed by atoms with E-state index in [4.69, 9.17) is 0 Å². The second-order valence-corrected chi connectivity index (χ2v) is 9.72. The Morgan fingerprint density at radius 1 is 0.970 bits per heavy atom. The molecule has 0 aromatic heterocycles. The van der Waals surface area contributed by atoms with Gasteiger partial charge in [-0.3, -0.25) is 9.59 Å². The number of alkyl halides is 3. The number of nitrogens with one attached hydrogen (secondary N) is 1. The fourth-order valence-electron chi connectivity index (χ4n) is 3.59. The van der Waals surface area contributed by atoms with Crippen molar-refractivity contribution < 1.29 is 31.2 Å². The maximum absolute atomic E-state index is 12.9. The molecular weight excluding hydrogens is 459 g/mol.